The van der Waals surface area contributed by atoms with Crippen LogP contribution in [0.4, 0.5) is 0 Å². The van der Waals surface area contributed by atoms with Crippen molar-refractivity contribution < 1.29 is 19.2 Å². The molecule has 1 aliphatic heterocycles. The number of amides is 4. The van der Waals surface area contributed by atoms with Crippen molar-refractivity contribution in [2.75, 3.05) is 6.54 Å². The molecule has 0 radical (unpaired) electrons. The SMILES string of the molecule is CCC(=O)NC(=O)[C@@H]1CCCN1C(=O)[C@H](C)NC(C)=O. The van der Waals surface area contributed by atoms with E-state index in [0.717, 1.165) is 0 Å². The lowest BCUT2D eigenvalue weighted by Gasteiger charge is -2.26. The van der Waals surface area contributed by atoms with Gasteiger partial charge in [0.25, 0.3) is 0 Å². The first-order valence-electron chi connectivity index (χ1n) is 6.78. The molecule has 0 aliphatic carbocycles. The number of carbonyl (C=O) groups is 4. The Bertz CT molecular complexity index is 422. The molecule has 1 aliphatic rings. The van der Waals surface area contributed by atoms with Gasteiger partial charge in [-0.3, -0.25) is 24.5 Å². The molecule has 0 saturated carbocycles. The molecule has 0 bridgehead atoms. The van der Waals surface area contributed by atoms with Crippen LogP contribution in [-0.2, 0) is 19.2 Å². The predicted octanol–water partition coefficient (Wildman–Crippen LogP) is -0.445. The topological polar surface area (TPSA) is 95.6 Å². The van der Waals surface area contributed by atoms with Crippen LogP contribution in [-0.4, -0.2) is 47.2 Å². The summed E-state index contributed by atoms with van der Waals surface area (Å²) in [6.07, 6.45) is 1.45. The molecule has 0 aromatic heterocycles. The van der Waals surface area contributed by atoms with Crippen molar-refractivity contribution in [3.05, 3.63) is 0 Å². The van der Waals surface area contributed by atoms with E-state index in [2.05, 4.69) is 10.6 Å². The molecule has 1 saturated heterocycles. The number of nitrogens with zero attached hydrogens (tertiary/aromatic N) is 1. The first kappa shape index (κ1) is 16.1. The standard InChI is InChI=1S/C13H21N3O4/c1-4-11(18)15-12(19)10-6-5-7-16(10)13(20)8(2)14-9(3)17/h8,10H,4-7H2,1-3H3,(H,14,17)(H,15,18,19)/t8-,10-/m0/s1. The minimum Gasteiger partial charge on any atom is -0.345 e. The van der Waals surface area contributed by atoms with Crippen molar-refractivity contribution in [1.82, 2.24) is 15.5 Å². The number of likely N-dealkylation sites (tertiary alicyclic amines) is 1. The maximum Gasteiger partial charge on any atom is 0.249 e. The van der Waals surface area contributed by atoms with Crippen molar-refractivity contribution in [2.24, 2.45) is 0 Å². The van der Waals surface area contributed by atoms with E-state index >= 15 is 0 Å². The second-order valence-corrected chi connectivity index (χ2v) is 4.88. The van der Waals surface area contributed by atoms with Gasteiger partial charge in [0.15, 0.2) is 0 Å². The van der Waals surface area contributed by atoms with Gasteiger partial charge >= 0.3 is 0 Å². The molecule has 2 atom stereocenters. The fourth-order valence-electron chi connectivity index (χ4n) is 2.23. The zero-order valence-corrected chi connectivity index (χ0v) is 12.1. The van der Waals surface area contributed by atoms with Crippen LogP contribution in [0, 0.1) is 0 Å². The molecule has 112 valence electrons. The Morgan fingerprint density at radius 3 is 2.50 bits per heavy atom. The number of hydrogen-bond donors (Lipinski definition) is 2. The number of imide groups is 1. The second-order valence-electron chi connectivity index (χ2n) is 4.88. The zero-order valence-electron chi connectivity index (χ0n) is 12.1. The monoisotopic (exact) mass is 283 g/mol. The highest BCUT2D eigenvalue weighted by Gasteiger charge is 2.36. The molecule has 0 spiro atoms. The van der Waals surface area contributed by atoms with Gasteiger partial charge < -0.3 is 10.2 Å². The molecule has 7 nitrogen and oxygen atoms in total. The van der Waals surface area contributed by atoms with Gasteiger partial charge in [0, 0.05) is 19.9 Å². The predicted molar refractivity (Wildman–Crippen MR) is 71.5 cm³/mol. The highest BCUT2D eigenvalue weighted by molar-refractivity contribution is 6.00. The van der Waals surface area contributed by atoms with Crippen molar-refractivity contribution in [1.29, 1.82) is 0 Å². The summed E-state index contributed by atoms with van der Waals surface area (Å²) in [7, 11) is 0. The Morgan fingerprint density at radius 1 is 1.30 bits per heavy atom. The van der Waals surface area contributed by atoms with E-state index in [1.54, 1.807) is 13.8 Å². The Balaban J connectivity index is 2.69. The third kappa shape index (κ3) is 4.04. The molecule has 7 heteroatoms. The summed E-state index contributed by atoms with van der Waals surface area (Å²) in [5.74, 6) is -1.41. The first-order valence-corrected chi connectivity index (χ1v) is 6.78. The van der Waals surface area contributed by atoms with Gasteiger partial charge in [-0.15, -0.1) is 0 Å². The van der Waals surface area contributed by atoms with Gasteiger partial charge in [-0.05, 0) is 19.8 Å². The smallest absolute Gasteiger partial charge is 0.249 e. The van der Waals surface area contributed by atoms with Gasteiger partial charge in [0.2, 0.25) is 23.6 Å². The van der Waals surface area contributed by atoms with Crippen LogP contribution < -0.4 is 10.6 Å². The minimum atomic E-state index is -0.678. The van der Waals surface area contributed by atoms with Crippen LogP contribution in [0.3, 0.4) is 0 Å². The summed E-state index contributed by atoms with van der Waals surface area (Å²) in [5, 5.41) is 4.78. The zero-order chi connectivity index (χ0) is 15.3. The average molecular weight is 283 g/mol. The maximum atomic E-state index is 12.2. The van der Waals surface area contributed by atoms with Crippen molar-refractivity contribution in [3.63, 3.8) is 0 Å². The van der Waals surface area contributed by atoms with Gasteiger partial charge in [-0.25, -0.2) is 0 Å². The Kier molecular flexibility index (Phi) is 5.66. The lowest BCUT2D eigenvalue weighted by molar-refractivity contribution is -0.142. The number of nitrogens with one attached hydrogen (secondary N) is 2. The van der Waals surface area contributed by atoms with E-state index in [1.807, 2.05) is 0 Å². The molecule has 4 amide bonds. The number of hydrogen-bond acceptors (Lipinski definition) is 4. The normalized spacial score (nSPS) is 19.4. The van der Waals surface area contributed by atoms with E-state index in [-0.39, 0.29) is 24.1 Å². The van der Waals surface area contributed by atoms with Crippen molar-refractivity contribution in [3.8, 4) is 0 Å². The summed E-state index contributed by atoms with van der Waals surface area (Å²) >= 11 is 0. The molecule has 0 aromatic rings. The Labute approximate surface area is 118 Å². The molecule has 1 fully saturated rings. The van der Waals surface area contributed by atoms with Gasteiger partial charge in [-0.1, -0.05) is 6.92 Å². The first-order chi connectivity index (χ1) is 9.36. The van der Waals surface area contributed by atoms with Gasteiger partial charge in [-0.2, -0.15) is 0 Å². The molecular weight excluding hydrogens is 262 g/mol. The summed E-state index contributed by atoms with van der Waals surface area (Å²) in [4.78, 5) is 47.8. The highest BCUT2D eigenvalue weighted by Crippen LogP contribution is 2.18. The minimum absolute atomic E-state index is 0.217. The van der Waals surface area contributed by atoms with Crippen LogP contribution >= 0.6 is 0 Å². The molecule has 2 N–H and O–H groups in total. The van der Waals surface area contributed by atoms with Crippen LogP contribution in [0.5, 0.6) is 0 Å². The summed E-state index contributed by atoms with van der Waals surface area (Å²) in [6, 6.07) is -1.31. The van der Waals surface area contributed by atoms with Crippen LogP contribution in [0.25, 0.3) is 0 Å². The van der Waals surface area contributed by atoms with E-state index in [0.29, 0.717) is 19.4 Å². The van der Waals surface area contributed by atoms with Crippen LogP contribution in [0.1, 0.15) is 40.0 Å². The third-order valence-corrected chi connectivity index (χ3v) is 3.21. The Hall–Kier alpha value is -1.92. The van der Waals surface area contributed by atoms with Crippen LogP contribution in [0.2, 0.25) is 0 Å². The average Bonchev–Trinajstić information content (AvgIpc) is 2.85. The second kappa shape index (κ2) is 7.02. The molecule has 0 aromatic carbocycles. The van der Waals surface area contributed by atoms with E-state index in [1.165, 1.54) is 11.8 Å². The van der Waals surface area contributed by atoms with Crippen LogP contribution in [0.15, 0.2) is 0 Å². The Morgan fingerprint density at radius 2 is 1.95 bits per heavy atom. The quantitative estimate of drug-likeness (QED) is 0.731. The van der Waals surface area contributed by atoms with E-state index in [9.17, 15) is 19.2 Å². The molecule has 1 heterocycles. The van der Waals surface area contributed by atoms with E-state index < -0.39 is 18.0 Å². The highest BCUT2D eigenvalue weighted by atomic mass is 16.2. The summed E-state index contributed by atoms with van der Waals surface area (Å²) < 4.78 is 0. The fourth-order valence-corrected chi connectivity index (χ4v) is 2.23. The largest absolute Gasteiger partial charge is 0.345 e. The van der Waals surface area contributed by atoms with Crippen molar-refractivity contribution in [2.45, 2.75) is 52.1 Å². The summed E-state index contributed by atoms with van der Waals surface area (Å²) in [5.41, 5.74) is 0. The third-order valence-electron chi connectivity index (χ3n) is 3.21. The lowest BCUT2D eigenvalue weighted by Crippen LogP contribution is -2.52. The van der Waals surface area contributed by atoms with Gasteiger partial charge in [0.1, 0.15) is 12.1 Å². The number of rotatable bonds is 4. The lowest BCUT2D eigenvalue weighted by atomic mass is 10.2. The maximum absolute atomic E-state index is 12.2. The molecular formula is C13H21N3O4. The molecule has 20 heavy (non-hydrogen) atoms. The number of carbonyl (C=O) groups excluding carboxylic acids is 4. The molecule has 1 rings (SSSR count). The van der Waals surface area contributed by atoms with E-state index in [4.69, 9.17) is 0 Å². The fraction of sp³-hybridized carbons (Fsp3) is 0.692. The molecule has 0 unspecified atom stereocenters. The summed E-state index contributed by atoms with van der Waals surface area (Å²) in [6.45, 7) is 5.02. The van der Waals surface area contributed by atoms with Gasteiger partial charge in [0.05, 0.1) is 0 Å². The van der Waals surface area contributed by atoms with Crippen molar-refractivity contribution >= 4 is 23.6 Å².